The molecule has 42 valence electrons. The first kappa shape index (κ1) is 6.90. The van der Waals surface area contributed by atoms with Gasteiger partial charge in [-0.25, -0.2) is 0 Å². The van der Waals surface area contributed by atoms with Crippen molar-refractivity contribution in [2.24, 2.45) is 5.73 Å². The smallest absolute Gasteiger partial charge is 0.413 e. The molecule has 0 atom stereocenters. The van der Waals surface area contributed by atoms with Gasteiger partial charge in [0.25, 0.3) is 0 Å². The van der Waals surface area contributed by atoms with Gasteiger partial charge in [0.2, 0.25) is 0 Å². The molecule has 0 aromatic rings. The van der Waals surface area contributed by atoms with Crippen LogP contribution in [0, 0.1) is 0 Å². The molecule has 4 nitrogen and oxygen atoms in total. The van der Waals surface area contributed by atoms with Gasteiger partial charge in [0.05, 0.1) is 0 Å². The number of hydrogen-bond acceptors (Lipinski definition) is 4. The lowest BCUT2D eigenvalue weighted by atomic mass is 10.1. The van der Waals surface area contributed by atoms with Crippen molar-refractivity contribution in [2.75, 3.05) is 13.1 Å². The highest BCUT2D eigenvalue weighted by atomic mass is 16.4. The minimum atomic E-state index is -1.43. The Labute approximate surface area is 42.5 Å². The van der Waals surface area contributed by atoms with Crippen LogP contribution >= 0.6 is 0 Å². The lowest BCUT2D eigenvalue weighted by Gasteiger charge is -1.95. The first-order valence-corrected chi connectivity index (χ1v) is 2.07. The minimum absolute atomic E-state index is 0.414. The SMILES string of the molecule is NCCNB(O)O. The van der Waals surface area contributed by atoms with Gasteiger partial charge in [0.1, 0.15) is 0 Å². The van der Waals surface area contributed by atoms with Gasteiger partial charge in [-0.2, -0.15) is 0 Å². The molecular weight excluding hydrogens is 94.8 g/mol. The van der Waals surface area contributed by atoms with E-state index >= 15 is 0 Å². The van der Waals surface area contributed by atoms with Crippen molar-refractivity contribution in [3.05, 3.63) is 0 Å². The summed E-state index contributed by atoms with van der Waals surface area (Å²) < 4.78 is 0. The van der Waals surface area contributed by atoms with E-state index in [2.05, 4.69) is 5.23 Å². The molecule has 7 heavy (non-hydrogen) atoms. The number of rotatable bonds is 3. The predicted molar refractivity (Wildman–Crippen MR) is 27.2 cm³/mol. The summed E-state index contributed by atoms with van der Waals surface area (Å²) in [5, 5.41) is 18.4. The maximum absolute atomic E-state index is 8.07. The summed E-state index contributed by atoms with van der Waals surface area (Å²) in [6.45, 7) is 0.843. The summed E-state index contributed by atoms with van der Waals surface area (Å²) in [5.74, 6) is 0. The van der Waals surface area contributed by atoms with Crippen LogP contribution in [0.5, 0.6) is 0 Å². The van der Waals surface area contributed by atoms with Gasteiger partial charge < -0.3 is 21.0 Å². The van der Waals surface area contributed by atoms with Gasteiger partial charge >= 0.3 is 7.25 Å². The third kappa shape index (κ3) is 5.90. The lowest BCUT2D eigenvalue weighted by Crippen LogP contribution is -2.37. The summed E-state index contributed by atoms with van der Waals surface area (Å²) in [6.07, 6.45) is 0. The van der Waals surface area contributed by atoms with Crippen molar-refractivity contribution in [1.29, 1.82) is 0 Å². The molecule has 0 radical (unpaired) electrons. The van der Waals surface area contributed by atoms with Crippen LogP contribution in [0.15, 0.2) is 0 Å². The average Bonchev–Trinajstić information content (AvgIpc) is 1.61. The van der Waals surface area contributed by atoms with E-state index in [-0.39, 0.29) is 0 Å². The molecule has 0 amide bonds. The summed E-state index contributed by atoms with van der Waals surface area (Å²) in [5.41, 5.74) is 4.99. The molecule has 0 aliphatic rings. The molecule has 0 rings (SSSR count). The van der Waals surface area contributed by atoms with Crippen LogP contribution in [-0.2, 0) is 0 Å². The van der Waals surface area contributed by atoms with Crippen LogP contribution < -0.4 is 11.0 Å². The Bertz CT molecular complexity index is 42.7. The van der Waals surface area contributed by atoms with Crippen molar-refractivity contribution in [3.8, 4) is 0 Å². The van der Waals surface area contributed by atoms with Gasteiger partial charge in [0.15, 0.2) is 0 Å². The zero-order valence-electron chi connectivity index (χ0n) is 3.96. The second-order valence-corrected chi connectivity index (χ2v) is 1.12. The zero-order chi connectivity index (χ0) is 5.70. The Morgan fingerprint density at radius 1 is 1.57 bits per heavy atom. The van der Waals surface area contributed by atoms with Crippen molar-refractivity contribution in [2.45, 2.75) is 0 Å². The molecule has 0 aromatic heterocycles. The molecule has 0 aliphatic heterocycles. The summed E-state index contributed by atoms with van der Waals surface area (Å²) in [6, 6.07) is 0. The highest BCUT2D eigenvalue weighted by Gasteiger charge is 2.01. The quantitative estimate of drug-likeness (QED) is 0.298. The van der Waals surface area contributed by atoms with Crippen LogP contribution in [0.2, 0.25) is 0 Å². The molecule has 0 fully saturated rings. The molecular formula is C2H9BN2O2. The largest absolute Gasteiger partial charge is 0.549 e. The van der Waals surface area contributed by atoms with Crippen LogP contribution in [0.4, 0.5) is 0 Å². The molecule has 5 N–H and O–H groups in total. The first-order chi connectivity index (χ1) is 3.27. The average molecular weight is 104 g/mol. The van der Waals surface area contributed by atoms with E-state index in [4.69, 9.17) is 15.8 Å². The molecule has 0 aliphatic carbocycles. The Hall–Kier alpha value is -0.0951. The van der Waals surface area contributed by atoms with Crippen molar-refractivity contribution in [1.82, 2.24) is 5.23 Å². The second kappa shape index (κ2) is 4.07. The molecule has 0 unspecified atom stereocenters. The van der Waals surface area contributed by atoms with Crippen LogP contribution in [0.25, 0.3) is 0 Å². The van der Waals surface area contributed by atoms with E-state index in [9.17, 15) is 0 Å². The Balaban J connectivity index is 2.68. The lowest BCUT2D eigenvalue weighted by molar-refractivity contribution is 0.387. The number of nitrogens with two attached hydrogens (primary N) is 1. The Morgan fingerprint density at radius 2 is 2.14 bits per heavy atom. The van der Waals surface area contributed by atoms with Gasteiger partial charge in [-0.15, -0.1) is 0 Å². The van der Waals surface area contributed by atoms with Gasteiger partial charge in [-0.05, 0) is 0 Å². The molecule has 0 spiro atoms. The van der Waals surface area contributed by atoms with Crippen molar-refractivity contribution in [3.63, 3.8) is 0 Å². The molecule has 0 bridgehead atoms. The zero-order valence-corrected chi connectivity index (χ0v) is 3.96. The van der Waals surface area contributed by atoms with E-state index < -0.39 is 7.25 Å². The standard InChI is InChI=1S/C2H9BN2O2/c4-1-2-5-3(6)7/h5-7H,1-2,4H2. The third-order valence-corrected chi connectivity index (χ3v) is 0.471. The van der Waals surface area contributed by atoms with Crippen molar-refractivity contribution >= 4 is 7.25 Å². The van der Waals surface area contributed by atoms with Gasteiger partial charge in [-0.1, -0.05) is 0 Å². The topological polar surface area (TPSA) is 78.5 Å². The monoisotopic (exact) mass is 104 g/mol. The van der Waals surface area contributed by atoms with E-state index in [1.807, 2.05) is 0 Å². The molecule has 0 saturated carbocycles. The summed E-state index contributed by atoms with van der Waals surface area (Å²) >= 11 is 0. The fourth-order valence-electron chi connectivity index (χ4n) is 0.212. The molecule has 0 aromatic carbocycles. The predicted octanol–water partition coefficient (Wildman–Crippen LogP) is -2.50. The van der Waals surface area contributed by atoms with E-state index in [1.165, 1.54) is 0 Å². The Morgan fingerprint density at radius 3 is 2.29 bits per heavy atom. The van der Waals surface area contributed by atoms with Crippen LogP contribution in [-0.4, -0.2) is 30.4 Å². The van der Waals surface area contributed by atoms with Gasteiger partial charge in [-0.3, -0.25) is 0 Å². The highest BCUT2D eigenvalue weighted by Crippen LogP contribution is 1.53. The molecule has 0 saturated heterocycles. The Kier molecular flexibility index (Phi) is 4.02. The van der Waals surface area contributed by atoms with Crippen LogP contribution in [0.3, 0.4) is 0 Å². The fraction of sp³-hybridized carbons (Fsp3) is 1.00. The summed E-state index contributed by atoms with van der Waals surface area (Å²) in [7, 11) is -1.43. The molecule has 0 heterocycles. The highest BCUT2D eigenvalue weighted by molar-refractivity contribution is 6.37. The van der Waals surface area contributed by atoms with E-state index in [0.29, 0.717) is 13.1 Å². The van der Waals surface area contributed by atoms with E-state index in [0.717, 1.165) is 0 Å². The second-order valence-electron chi connectivity index (χ2n) is 1.12. The first-order valence-electron chi connectivity index (χ1n) is 2.07. The number of hydrogen-bond donors (Lipinski definition) is 4. The normalized spacial score (nSPS) is 9.00. The maximum Gasteiger partial charge on any atom is 0.549 e. The fourth-order valence-corrected chi connectivity index (χ4v) is 0.212. The van der Waals surface area contributed by atoms with Crippen molar-refractivity contribution < 1.29 is 10.0 Å². The minimum Gasteiger partial charge on any atom is -0.413 e. The van der Waals surface area contributed by atoms with Gasteiger partial charge in [0, 0.05) is 13.1 Å². The van der Waals surface area contributed by atoms with E-state index in [1.54, 1.807) is 0 Å². The number of nitrogens with one attached hydrogen (secondary N) is 1. The molecule has 5 heteroatoms. The third-order valence-electron chi connectivity index (χ3n) is 0.471. The van der Waals surface area contributed by atoms with Crippen LogP contribution in [0.1, 0.15) is 0 Å². The summed E-state index contributed by atoms with van der Waals surface area (Å²) in [4.78, 5) is 0. The maximum atomic E-state index is 8.07.